The van der Waals surface area contributed by atoms with Crippen LogP contribution in [-0.2, 0) is 21.4 Å². The quantitative estimate of drug-likeness (QED) is 0.536. The maximum atomic E-state index is 12.9. The summed E-state index contributed by atoms with van der Waals surface area (Å²) in [5, 5.41) is 2.79. The van der Waals surface area contributed by atoms with E-state index in [1.165, 1.54) is 21.0 Å². The lowest BCUT2D eigenvalue weighted by molar-refractivity contribution is -0.116. The molecular weight excluding hydrogens is 442 g/mol. The van der Waals surface area contributed by atoms with Crippen LogP contribution in [0, 0.1) is 0 Å². The van der Waals surface area contributed by atoms with Crippen LogP contribution in [0.15, 0.2) is 62.6 Å². The fourth-order valence-electron chi connectivity index (χ4n) is 4.36. The molecule has 1 fully saturated rings. The highest BCUT2D eigenvalue weighted by atomic mass is 32.2. The van der Waals surface area contributed by atoms with Crippen molar-refractivity contribution in [1.82, 2.24) is 8.87 Å². The number of rotatable bonds is 8. The number of aromatic nitrogens is 1. The minimum Gasteiger partial charge on any atom is -0.408 e. The molecule has 0 aliphatic heterocycles. The molecule has 1 saturated carbocycles. The van der Waals surface area contributed by atoms with E-state index in [9.17, 15) is 18.0 Å². The lowest BCUT2D eigenvalue weighted by atomic mass is 9.96. The van der Waals surface area contributed by atoms with Crippen LogP contribution in [0.1, 0.15) is 44.9 Å². The van der Waals surface area contributed by atoms with Crippen molar-refractivity contribution < 1.29 is 17.6 Å². The highest BCUT2D eigenvalue weighted by molar-refractivity contribution is 7.89. The Morgan fingerprint density at radius 3 is 2.52 bits per heavy atom. The Labute approximate surface area is 193 Å². The van der Waals surface area contributed by atoms with Crippen LogP contribution in [-0.4, -0.2) is 36.3 Å². The van der Waals surface area contributed by atoms with Crippen LogP contribution in [0.25, 0.3) is 11.1 Å². The highest BCUT2D eigenvalue weighted by Gasteiger charge is 2.28. The molecule has 1 amide bonds. The Morgan fingerprint density at radius 1 is 1.09 bits per heavy atom. The van der Waals surface area contributed by atoms with Gasteiger partial charge in [0.05, 0.1) is 10.4 Å². The minimum atomic E-state index is -3.57. The van der Waals surface area contributed by atoms with Crippen LogP contribution in [0.4, 0.5) is 5.69 Å². The van der Waals surface area contributed by atoms with Gasteiger partial charge >= 0.3 is 5.76 Å². The van der Waals surface area contributed by atoms with Crippen LogP contribution in [0.3, 0.4) is 0 Å². The Balaban J connectivity index is 1.32. The van der Waals surface area contributed by atoms with Crippen molar-refractivity contribution in [3.63, 3.8) is 0 Å². The van der Waals surface area contributed by atoms with Gasteiger partial charge in [-0.25, -0.2) is 13.2 Å². The summed E-state index contributed by atoms with van der Waals surface area (Å²) in [4.78, 5) is 24.6. The van der Waals surface area contributed by atoms with Crippen LogP contribution in [0.5, 0.6) is 0 Å². The molecule has 2 aromatic carbocycles. The molecule has 8 nitrogen and oxygen atoms in total. The summed E-state index contributed by atoms with van der Waals surface area (Å²) in [5.41, 5.74) is 1.76. The summed E-state index contributed by atoms with van der Waals surface area (Å²) < 4.78 is 34.1. The summed E-state index contributed by atoms with van der Waals surface area (Å²) in [6.45, 7) is 0.369. The number of carbonyl (C=O) groups excluding carboxylic acids is 1. The highest BCUT2D eigenvalue weighted by Crippen LogP contribution is 2.27. The zero-order chi connectivity index (χ0) is 23.4. The zero-order valence-electron chi connectivity index (χ0n) is 18.7. The third-order valence-electron chi connectivity index (χ3n) is 6.26. The number of amides is 1. The molecule has 176 valence electrons. The van der Waals surface area contributed by atoms with E-state index < -0.39 is 15.8 Å². The first-order valence-electron chi connectivity index (χ1n) is 11.3. The average molecular weight is 472 g/mol. The van der Waals surface area contributed by atoms with Gasteiger partial charge in [-0.1, -0.05) is 31.4 Å². The number of para-hydroxylation sites is 2. The largest absolute Gasteiger partial charge is 0.419 e. The normalized spacial score (nSPS) is 15.2. The molecule has 1 heterocycles. The van der Waals surface area contributed by atoms with E-state index in [-0.39, 0.29) is 23.3 Å². The van der Waals surface area contributed by atoms with Gasteiger partial charge in [0.1, 0.15) is 0 Å². The SMILES string of the molecule is CN(C1CCCCC1)S(=O)(=O)c1ccc(NC(=O)CCCn2c(=O)oc3ccccc32)cc1. The predicted molar refractivity (Wildman–Crippen MR) is 127 cm³/mol. The van der Waals surface area contributed by atoms with Gasteiger partial charge in [0, 0.05) is 31.7 Å². The van der Waals surface area contributed by atoms with E-state index in [4.69, 9.17) is 4.42 Å². The number of benzene rings is 2. The number of carbonyl (C=O) groups is 1. The van der Waals surface area contributed by atoms with E-state index in [2.05, 4.69) is 5.32 Å². The first kappa shape index (κ1) is 23.3. The number of nitrogens with one attached hydrogen (secondary N) is 1. The standard InChI is InChI=1S/C24H29N3O5S/c1-26(19-8-3-2-4-9-19)33(30,31)20-15-13-18(14-16-20)25-23(28)12-7-17-27-21-10-5-6-11-22(21)32-24(27)29/h5-6,10-11,13-16,19H,2-4,7-9,12,17H2,1H3,(H,25,28). The topological polar surface area (TPSA) is 102 Å². The van der Waals surface area contributed by atoms with Gasteiger partial charge in [-0.15, -0.1) is 0 Å². The molecule has 4 rings (SSSR count). The first-order valence-corrected chi connectivity index (χ1v) is 12.8. The van der Waals surface area contributed by atoms with Crippen molar-refractivity contribution in [3.05, 3.63) is 59.1 Å². The number of fused-ring (bicyclic) bond motifs is 1. The van der Waals surface area contributed by atoms with Crippen molar-refractivity contribution in [1.29, 1.82) is 0 Å². The summed E-state index contributed by atoms with van der Waals surface area (Å²) in [7, 11) is -1.92. The number of hydrogen-bond donors (Lipinski definition) is 1. The third kappa shape index (κ3) is 5.20. The molecular formula is C24H29N3O5S. The van der Waals surface area contributed by atoms with Crippen molar-refractivity contribution in [2.45, 2.75) is 62.4 Å². The van der Waals surface area contributed by atoms with Gasteiger partial charge in [-0.2, -0.15) is 4.31 Å². The van der Waals surface area contributed by atoms with Gasteiger partial charge in [-0.05, 0) is 55.7 Å². The van der Waals surface area contributed by atoms with Crippen molar-refractivity contribution >= 4 is 32.7 Å². The molecule has 0 atom stereocenters. The predicted octanol–water partition coefficient (Wildman–Crippen LogP) is 3.97. The maximum absolute atomic E-state index is 12.9. The van der Waals surface area contributed by atoms with Gasteiger partial charge in [0.15, 0.2) is 5.58 Å². The molecule has 3 aromatic rings. The van der Waals surface area contributed by atoms with E-state index in [0.29, 0.717) is 29.8 Å². The fraction of sp³-hybridized carbons (Fsp3) is 0.417. The molecule has 1 aliphatic carbocycles. The number of hydrogen-bond acceptors (Lipinski definition) is 5. The van der Waals surface area contributed by atoms with E-state index in [0.717, 1.165) is 32.1 Å². The Bertz CT molecular complexity index is 1270. The molecule has 1 N–H and O–H groups in total. The number of aryl methyl sites for hydroxylation is 1. The Kier molecular flexibility index (Phi) is 6.99. The summed E-state index contributed by atoms with van der Waals surface area (Å²) >= 11 is 0. The minimum absolute atomic E-state index is 0.0444. The van der Waals surface area contributed by atoms with Crippen LogP contribution in [0.2, 0.25) is 0 Å². The van der Waals surface area contributed by atoms with Crippen molar-refractivity contribution in [3.8, 4) is 0 Å². The molecule has 0 saturated heterocycles. The second kappa shape index (κ2) is 9.93. The van der Waals surface area contributed by atoms with E-state index >= 15 is 0 Å². The summed E-state index contributed by atoms with van der Waals surface area (Å²) in [5.74, 6) is -0.641. The molecule has 1 aliphatic rings. The zero-order valence-corrected chi connectivity index (χ0v) is 19.5. The average Bonchev–Trinajstić information content (AvgIpc) is 3.14. The first-order chi connectivity index (χ1) is 15.9. The lowest BCUT2D eigenvalue weighted by Crippen LogP contribution is -2.38. The van der Waals surface area contributed by atoms with Crippen molar-refractivity contribution in [2.24, 2.45) is 0 Å². The Hall–Kier alpha value is -2.91. The van der Waals surface area contributed by atoms with Gasteiger partial charge in [0.25, 0.3) is 0 Å². The monoisotopic (exact) mass is 471 g/mol. The van der Waals surface area contributed by atoms with E-state index in [1.807, 2.05) is 12.1 Å². The summed E-state index contributed by atoms with van der Waals surface area (Å²) in [6.07, 6.45) is 5.75. The lowest BCUT2D eigenvalue weighted by Gasteiger charge is -2.30. The maximum Gasteiger partial charge on any atom is 0.419 e. The Morgan fingerprint density at radius 2 is 1.79 bits per heavy atom. The molecule has 1 aromatic heterocycles. The second-order valence-corrected chi connectivity index (χ2v) is 10.5. The van der Waals surface area contributed by atoms with Gasteiger partial charge in [-0.3, -0.25) is 9.36 Å². The third-order valence-corrected chi connectivity index (χ3v) is 8.19. The smallest absolute Gasteiger partial charge is 0.408 e. The molecule has 0 bridgehead atoms. The molecule has 9 heteroatoms. The molecule has 0 radical (unpaired) electrons. The molecule has 0 unspecified atom stereocenters. The number of anilines is 1. The van der Waals surface area contributed by atoms with E-state index in [1.54, 1.807) is 31.3 Å². The van der Waals surface area contributed by atoms with Crippen LogP contribution >= 0.6 is 0 Å². The number of sulfonamides is 1. The number of nitrogens with zero attached hydrogens (tertiary/aromatic N) is 2. The second-order valence-electron chi connectivity index (χ2n) is 8.48. The van der Waals surface area contributed by atoms with Crippen LogP contribution < -0.4 is 11.1 Å². The number of oxazole rings is 1. The summed E-state index contributed by atoms with van der Waals surface area (Å²) in [6, 6.07) is 13.5. The van der Waals surface area contributed by atoms with Crippen molar-refractivity contribution in [2.75, 3.05) is 12.4 Å². The van der Waals surface area contributed by atoms with Gasteiger partial charge < -0.3 is 9.73 Å². The fourth-order valence-corrected chi connectivity index (χ4v) is 5.78. The molecule has 33 heavy (non-hydrogen) atoms. The molecule has 0 spiro atoms. The van der Waals surface area contributed by atoms with Gasteiger partial charge in [0.2, 0.25) is 15.9 Å².